The maximum Gasteiger partial charge on any atom is 0.160 e. The van der Waals surface area contributed by atoms with E-state index in [0.717, 1.165) is 22.5 Å². The van der Waals surface area contributed by atoms with Gasteiger partial charge >= 0.3 is 0 Å². The van der Waals surface area contributed by atoms with Crippen molar-refractivity contribution in [2.45, 2.75) is 12.8 Å². The van der Waals surface area contributed by atoms with Gasteiger partial charge in [-0.2, -0.15) is 0 Å². The molecule has 0 amide bonds. The Morgan fingerprint density at radius 3 is 2.84 bits per heavy atom. The second-order valence-electron chi connectivity index (χ2n) is 4.46. The number of nitrogens with zero attached hydrogens (tertiary/aromatic N) is 2. The number of fused-ring (bicyclic) bond motifs is 1. The molecule has 0 radical (unpaired) electrons. The lowest BCUT2D eigenvalue weighted by molar-refractivity contribution is 0.188. The smallest absolute Gasteiger partial charge is 0.160 e. The molecule has 0 spiro atoms. The van der Waals surface area contributed by atoms with Gasteiger partial charge in [0.2, 0.25) is 0 Å². The van der Waals surface area contributed by atoms with Gasteiger partial charge in [-0.3, -0.25) is 0 Å². The summed E-state index contributed by atoms with van der Waals surface area (Å²) in [6.07, 6.45) is 0.935. The van der Waals surface area contributed by atoms with Crippen molar-refractivity contribution in [2.75, 3.05) is 4.90 Å². The Bertz CT molecular complexity index is 624. The molecule has 2 aromatic carbocycles. The Balaban J connectivity index is 2.00. The number of aliphatic hydroxyl groups is 1. The number of rotatable bonds is 2. The number of aliphatic imine (C=N–C) groups is 1. The zero-order valence-electron chi connectivity index (χ0n) is 10.4. The molecule has 0 saturated carbocycles. The van der Waals surface area contributed by atoms with E-state index >= 15 is 0 Å². The largest absolute Gasteiger partial charge is 0.369 e. The molecule has 1 heterocycles. The molecule has 0 bridgehead atoms. The molecule has 96 valence electrons. The summed E-state index contributed by atoms with van der Waals surface area (Å²) in [5.41, 5.74) is 9.17. The van der Waals surface area contributed by atoms with Crippen molar-refractivity contribution in [1.29, 1.82) is 0 Å². The van der Waals surface area contributed by atoms with Crippen LogP contribution in [-0.2, 0) is 6.54 Å². The summed E-state index contributed by atoms with van der Waals surface area (Å²) in [4.78, 5) is 6.10. The first-order valence-electron chi connectivity index (χ1n) is 6.18. The summed E-state index contributed by atoms with van der Waals surface area (Å²) in [5, 5.41) is 10.4. The van der Waals surface area contributed by atoms with Gasteiger partial charge < -0.3 is 15.7 Å². The molecule has 0 fully saturated rings. The SMILES string of the molecule is NCc1cccc(N2C=Nc3ccccc3C2O)c1. The van der Waals surface area contributed by atoms with Gasteiger partial charge in [0.05, 0.1) is 12.0 Å². The number of hydrogen-bond donors (Lipinski definition) is 2. The standard InChI is InChI=1S/C15H15N3O/c16-9-11-4-3-5-12(8-11)18-10-17-14-7-2-1-6-13(14)15(18)19/h1-8,10,15,19H,9,16H2. The van der Waals surface area contributed by atoms with Crippen molar-refractivity contribution in [1.82, 2.24) is 0 Å². The zero-order valence-corrected chi connectivity index (χ0v) is 10.4. The predicted octanol–water partition coefficient (Wildman–Crippen LogP) is 2.32. The highest BCUT2D eigenvalue weighted by Crippen LogP contribution is 2.33. The molecule has 3 N–H and O–H groups in total. The van der Waals surface area contributed by atoms with Crippen LogP contribution in [0, 0.1) is 0 Å². The Kier molecular flexibility index (Phi) is 3.03. The van der Waals surface area contributed by atoms with E-state index in [1.165, 1.54) is 0 Å². The lowest BCUT2D eigenvalue weighted by Crippen LogP contribution is -2.29. The molecule has 0 aromatic heterocycles. The Morgan fingerprint density at radius 1 is 1.16 bits per heavy atom. The van der Waals surface area contributed by atoms with Gasteiger partial charge in [-0.1, -0.05) is 30.3 Å². The van der Waals surface area contributed by atoms with Gasteiger partial charge in [-0.15, -0.1) is 0 Å². The Labute approximate surface area is 111 Å². The predicted molar refractivity (Wildman–Crippen MR) is 76.4 cm³/mol. The van der Waals surface area contributed by atoms with Crippen molar-refractivity contribution in [2.24, 2.45) is 10.7 Å². The number of nitrogens with two attached hydrogens (primary N) is 1. The number of benzene rings is 2. The Morgan fingerprint density at radius 2 is 2.00 bits per heavy atom. The first-order chi connectivity index (χ1) is 9.29. The minimum Gasteiger partial charge on any atom is -0.369 e. The van der Waals surface area contributed by atoms with Crippen LogP contribution in [0.1, 0.15) is 17.4 Å². The van der Waals surface area contributed by atoms with E-state index in [1.807, 2.05) is 48.5 Å². The summed E-state index contributed by atoms with van der Waals surface area (Å²) in [7, 11) is 0. The van der Waals surface area contributed by atoms with Gasteiger partial charge in [-0.25, -0.2) is 4.99 Å². The number of aliphatic hydroxyl groups excluding tert-OH is 1. The molecular weight excluding hydrogens is 238 g/mol. The molecule has 4 nitrogen and oxygen atoms in total. The van der Waals surface area contributed by atoms with Crippen molar-refractivity contribution in [3.63, 3.8) is 0 Å². The third-order valence-corrected chi connectivity index (χ3v) is 3.24. The fraction of sp³-hybridized carbons (Fsp3) is 0.133. The molecule has 2 aromatic rings. The molecule has 1 unspecified atom stereocenters. The van der Waals surface area contributed by atoms with Crippen molar-refractivity contribution in [3.05, 3.63) is 59.7 Å². The maximum absolute atomic E-state index is 10.4. The molecule has 19 heavy (non-hydrogen) atoms. The monoisotopic (exact) mass is 253 g/mol. The van der Waals surface area contributed by atoms with Crippen LogP contribution in [0.5, 0.6) is 0 Å². The molecular formula is C15H15N3O. The minimum absolute atomic E-state index is 0.478. The highest BCUT2D eigenvalue weighted by molar-refractivity contribution is 5.85. The number of anilines is 1. The summed E-state index contributed by atoms with van der Waals surface area (Å²) in [6, 6.07) is 15.4. The van der Waals surface area contributed by atoms with Gasteiger partial charge in [0, 0.05) is 17.8 Å². The van der Waals surface area contributed by atoms with Gasteiger partial charge in [0.25, 0.3) is 0 Å². The summed E-state index contributed by atoms with van der Waals surface area (Å²) >= 11 is 0. The third-order valence-electron chi connectivity index (χ3n) is 3.24. The summed E-state index contributed by atoms with van der Waals surface area (Å²) in [5.74, 6) is 0. The highest BCUT2D eigenvalue weighted by atomic mass is 16.3. The first-order valence-corrected chi connectivity index (χ1v) is 6.18. The fourth-order valence-electron chi connectivity index (χ4n) is 2.21. The van der Waals surface area contributed by atoms with Crippen LogP contribution in [0.4, 0.5) is 11.4 Å². The van der Waals surface area contributed by atoms with E-state index in [1.54, 1.807) is 11.2 Å². The van der Waals surface area contributed by atoms with E-state index in [9.17, 15) is 5.11 Å². The summed E-state index contributed by atoms with van der Waals surface area (Å²) < 4.78 is 0. The maximum atomic E-state index is 10.4. The molecule has 0 saturated heterocycles. The Hall–Kier alpha value is -2.17. The van der Waals surface area contributed by atoms with Crippen LogP contribution >= 0.6 is 0 Å². The second kappa shape index (κ2) is 4.84. The van der Waals surface area contributed by atoms with Crippen LogP contribution < -0.4 is 10.6 Å². The van der Waals surface area contributed by atoms with E-state index in [-0.39, 0.29) is 0 Å². The van der Waals surface area contributed by atoms with Crippen LogP contribution in [0.25, 0.3) is 0 Å². The van der Waals surface area contributed by atoms with Crippen LogP contribution in [0.15, 0.2) is 53.5 Å². The lowest BCUT2D eigenvalue weighted by Gasteiger charge is -2.30. The van der Waals surface area contributed by atoms with Crippen molar-refractivity contribution >= 4 is 17.7 Å². The molecule has 1 atom stereocenters. The second-order valence-corrected chi connectivity index (χ2v) is 4.46. The lowest BCUT2D eigenvalue weighted by atomic mass is 10.1. The van der Waals surface area contributed by atoms with E-state index < -0.39 is 6.23 Å². The first kappa shape index (κ1) is 11.9. The van der Waals surface area contributed by atoms with Crippen molar-refractivity contribution in [3.8, 4) is 0 Å². The number of hydrogen-bond acceptors (Lipinski definition) is 4. The number of para-hydroxylation sites is 1. The zero-order chi connectivity index (χ0) is 13.2. The quantitative estimate of drug-likeness (QED) is 0.863. The molecule has 0 aliphatic carbocycles. The molecule has 3 rings (SSSR count). The molecule has 1 aliphatic heterocycles. The van der Waals surface area contributed by atoms with Gasteiger partial charge in [0.15, 0.2) is 6.23 Å². The normalized spacial score (nSPS) is 17.4. The van der Waals surface area contributed by atoms with Gasteiger partial charge in [0.1, 0.15) is 0 Å². The minimum atomic E-state index is -0.721. The van der Waals surface area contributed by atoms with E-state index in [0.29, 0.717) is 6.54 Å². The average Bonchev–Trinajstić information content (AvgIpc) is 2.48. The average molecular weight is 253 g/mol. The van der Waals surface area contributed by atoms with Gasteiger partial charge in [-0.05, 0) is 23.8 Å². The van der Waals surface area contributed by atoms with Crippen molar-refractivity contribution < 1.29 is 5.11 Å². The van der Waals surface area contributed by atoms with Crippen LogP contribution in [-0.4, -0.2) is 11.4 Å². The summed E-state index contributed by atoms with van der Waals surface area (Å²) in [6.45, 7) is 0.478. The fourth-order valence-corrected chi connectivity index (χ4v) is 2.21. The van der Waals surface area contributed by atoms with E-state index in [4.69, 9.17) is 5.73 Å². The van der Waals surface area contributed by atoms with Crippen LogP contribution in [0.2, 0.25) is 0 Å². The van der Waals surface area contributed by atoms with E-state index in [2.05, 4.69) is 4.99 Å². The molecule has 4 heteroatoms. The topological polar surface area (TPSA) is 61.8 Å². The third kappa shape index (κ3) is 2.12. The van der Waals surface area contributed by atoms with Crippen LogP contribution in [0.3, 0.4) is 0 Å². The highest BCUT2D eigenvalue weighted by Gasteiger charge is 2.22. The molecule has 1 aliphatic rings.